The van der Waals surface area contributed by atoms with Gasteiger partial charge in [-0.25, -0.2) is 9.48 Å². The number of thioether (sulfide) groups is 1. The number of tetrazole rings is 1. The highest BCUT2D eigenvalue weighted by Gasteiger charge is 2.60. The highest BCUT2D eigenvalue weighted by molar-refractivity contribution is 8.03. The highest BCUT2D eigenvalue weighted by atomic mass is 32.2. The van der Waals surface area contributed by atoms with Gasteiger partial charge >= 0.3 is 5.97 Å². The van der Waals surface area contributed by atoms with Crippen LogP contribution < -0.4 is 16.4 Å². The fourth-order valence-electron chi connectivity index (χ4n) is 7.38. The zero-order chi connectivity index (χ0) is 30.4. The van der Waals surface area contributed by atoms with Crippen LogP contribution in [0.15, 0.2) is 16.9 Å². The van der Waals surface area contributed by atoms with E-state index in [2.05, 4.69) is 31.1 Å². The first kappa shape index (κ1) is 30.0. The lowest BCUT2D eigenvalue weighted by Crippen LogP contribution is -2.66. The molecule has 0 saturated carbocycles. The third kappa shape index (κ3) is 5.65. The van der Waals surface area contributed by atoms with Crippen LogP contribution in [0.2, 0.25) is 0 Å². The number of nitrogens with two attached hydrogens (primary N) is 1. The van der Waals surface area contributed by atoms with Crippen LogP contribution in [0.1, 0.15) is 33.1 Å². The molecule has 5 aliphatic rings. The number of hydrogen-bond donors (Lipinski definition) is 4. The van der Waals surface area contributed by atoms with Crippen molar-refractivity contribution in [3.8, 4) is 0 Å². The molecule has 6 rings (SSSR count). The molecular formula is C27H40N10O5S. The molecule has 6 heterocycles. The van der Waals surface area contributed by atoms with Gasteiger partial charge in [0.05, 0.1) is 18.0 Å². The Hall–Kier alpha value is -3.08. The lowest BCUT2D eigenvalue weighted by Gasteiger charge is -2.47. The molecule has 0 aromatic carbocycles. The second-order valence-corrected chi connectivity index (χ2v) is 13.8. The molecule has 1 aromatic rings. The van der Waals surface area contributed by atoms with Gasteiger partial charge < -0.3 is 31.3 Å². The molecule has 5 aliphatic heterocycles. The van der Waals surface area contributed by atoms with Gasteiger partial charge in [-0.3, -0.25) is 19.3 Å². The highest BCUT2D eigenvalue weighted by Crippen LogP contribution is 2.52. The molecule has 2 unspecified atom stereocenters. The van der Waals surface area contributed by atoms with E-state index in [1.54, 1.807) is 6.92 Å². The topological polar surface area (TPSA) is 192 Å². The van der Waals surface area contributed by atoms with Crippen molar-refractivity contribution in [2.75, 3.05) is 39.3 Å². The van der Waals surface area contributed by atoms with Gasteiger partial charge in [0, 0.05) is 60.9 Å². The number of nitrogens with one attached hydrogen (secondary N) is 2. The molecule has 1 aromatic heterocycles. The molecule has 0 spiro atoms. The molecule has 4 fully saturated rings. The molecule has 6 atom stereocenters. The summed E-state index contributed by atoms with van der Waals surface area (Å²) in [6.07, 6.45) is 3.88. The zero-order valence-corrected chi connectivity index (χ0v) is 25.3. The first-order valence-electron chi connectivity index (χ1n) is 15.1. The summed E-state index contributed by atoms with van der Waals surface area (Å²) in [6.45, 7) is 8.56. The molecule has 0 radical (unpaired) electrons. The van der Waals surface area contributed by atoms with Crippen molar-refractivity contribution < 1.29 is 24.3 Å². The van der Waals surface area contributed by atoms with Crippen molar-refractivity contribution in [3.05, 3.63) is 16.9 Å². The number of carboxylic acids is 1. The Morgan fingerprint density at radius 2 is 2.00 bits per heavy atom. The molecule has 43 heavy (non-hydrogen) atoms. The van der Waals surface area contributed by atoms with E-state index in [9.17, 15) is 24.3 Å². The number of carboxylic acid groups (broad SMARTS) is 1. The van der Waals surface area contributed by atoms with Gasteiger partial charge in [-0.15, -0.1) is 16.9 Å². The molecule has 0 bridgehead atoms. The van der Waals surface area contributed by atoms with Gasteiger partial charge in [-0.05, 0) is 49.1 Å². The van der Waals surface area contributed by atoms with E-state index in [1.807, 2.05) is 11.8 Å². The van der Waals surface area contributed by atoms with Crippen LogP contribution in [-0.4, -0.2) is 132 Å². The van der Waals surface area contributed by atoms with Gasteiger partial charge in [0.1, 0.15) is 18.6 Å². The average Bonchev–Trinajstić information content (AvgIpc) is 3.68. The van der Waals surface area contributed by atoms with E-state index in [4.69, 9.17) is 5.73 Å². The smallest absolute Gasteiger partial charge is 0.353 e. The fourth-order valence-corrected chi connectivity index (χ4v) is 8.85. The summed E-state index contributed by atoms with van der Waals surface area (Å²) in [6, 6.07) is -0.630. The number of nitrogens with zero attached hydrogens (tertiary/aromatic N) is 7. The van der Waals surface area contributed by atoms with Crippen LogP contribution in [0.3, 0.4) is 0 Å². The number of fused-ring (bicyclic) bond motifs is 1. The maximum atomic E-state index is 13.4. The predicted octanol–water partition coefficient (Wildman–Crippen LogP) is -1.70. The van der Waals surface area contributed by atoms with E-state index in [0.717, 1.165) is 45.6 Å². The van der Waals surface area contributed by atoms with E-state index in [-0.39, 0.29) is 53.2 Å². The number of aromatic nitrogens is 4. The van der Waals surface area contributed by atoms with Crippen molar-refractivity contribution in [1.82, 2.24) is 45.5 Å². The molecule has 15 nitrogen and oxygen atoms in total. The quantitative estimate of drug-likeness (QED) is 0.218. The third-order valence-electron chi connectivity index (χ3n) is 9.71. The van der Waals surface area contributed by atoms with Gasteiger partial charge in [-0.1, -0.05) is 6.92 Å². The van der Waals surface area contributed by atoms with Crippen molar-refractivity contribution in [3.63, 3.8) is 0 Å². The second-order valence-electron chi connectivity index (χ2n) is 12.4. The van der Waals surface area contributed by atoms with Crippen molar-refractivity contribution >= 4 is 35.5 Å². The monoisotopic (exact) mass is 616 g/mol. The number of likely N-dealkylation sites (tertiary alicyclic amines) is 2. The summed E-state index contributed by atoms with van der Waals surface area (Å²) in [5, 5.41) is 27.0. The Labute approximate surface area is 253 Å². The maximum absolute atomic E-state index is 13.4. The number of rotatable bonds is 10. The standard InChI is InChI=1S/C27H40N10O5S/c1-14-22-21(15(2)31-20(38)12-36-13-30-32-33-36)26(40)37(22)23(27(41)42)24(14)43-18-7-19(29-9-18)25(39)34-5-3-17(4-6-34)35-10-16(8-28)11-35/h13-19,21-22,29H,3-12,28H2,1-2H3,(H,31,38)(H,41,42)/t14-,15-,18?,19?,21-,22-/m1/s1. The van der Waals surface area contributed by atoms with Crippen molar-refractivity contribution in [1.29, 1.82) is 0 Å². The Morgan fingerprint density at radius 3 is 2.65 bits per heavy atom. The van der Waals surface area contributed by atoms with E-state index in [0.29, 0.717) is 29.8 Å². The summed E-state index contributed by atoms with van der Waals surface area (Å²) in [4.78, 5) is 57.9. The van der Waals surface area contributed by atoms with Crippen molar-refractivity contribution in [2.24, 2.45) is 23.5 Å². The lowest BCUT2D eigenvalue weighted by atomic mass is 9.78. The summed E-state index contributed by atoms with van der Waals surface area (Å²) >= 11 is 1.47. The number of piperidine rings is 1. The summed E-state index contributed by atoms with van der Waals surface area (Å²) in [7, 11) is 0. The van der Waals surface area contributed by atoms with Crippen molar-refractivity contribution in [2.45, 2.75) is 69.1 Å². The number of amides is 3. The molecule has 3 amide bonds. The Morgan fingerprint density at radius 1 is 1.26 bits per heavy atom. The van der Waals surface area contributed by atoms with Gasteiger partial charge in [0.15, 0.2) is 0 Å². The Kier molecular flexibility index (Phi) is 8.45. The molecule has 234 valence electrons. The lowest BCUT2D eigenvalue weighted by molar-refractivity contribution is -0.158. The van der Waals surface area contributed by atoms with Crippen LogP contribution in [0.25, 0.3) is 0 Å². The molecule has 4 saturated heterocycles. The SMILES string of the molecule is C[C@@H](NC(=O)Cn1cnnn1)[C@H]1C(=O)N2C(C(=O)O)=C(SC3CNC(C(=O)N4CCC(N5CC(CN)C5)CC4)C3)[C@H](C)[C@H]12. The minimum atomic E-state index is -1.14. The average molecular weight is 617 g/mol. The molecule has 0 aliphatic carbocycles. The number of hydrogen-bond acceptors (Lipinski definition) is 11. The minimum Gasteiger partial charge on any atom is -0.477 e. The van der Waals surface area contributed by atoms with E-state index >= 15 is 0 Å². The number of β-lactam (4-membered cyclic amide) rings is 1. The van der Waals surface area contributed by atoms with Crippen LogP contribution >= 0.6 is 11.8 Å². The maximum Gasteiger partial charge on any atom is 0.353 e. The third-order valence-corrected chi connectivity index (χ3v) is 11.2. The summed E-state index contributed by atoms with van der Waals surface area (Å²) in [5.41, 5.74) is 5.79. The van der Waals surface area contributed by atoms with Crippen LogP contribution in [0, 0.1) is 17.8 Å². The first-order valence-corrected chi connectivity index (χ1v) is 16.0. The van der Waals surface area contributed by atoms with E-state index < -0.39 is 17.9 Å². The number of carbonyl (C=O) groups excluding carboxylic acids is 3. The normalized spacial score (nSPS) is 30.7. The summed E-state index contributed by atoms with van der Waals surface area (Å²) in [5.74, 6) is -1.83. The zero-order valence-electron chi connectivity index (χ0n) is 24.5. The van der Waals surface area contributed by atoms with Crippen LogP contribution in [0.4, 0.5) is 0 Å². The van der Waals surface area contributed by atoms with Gasteiger partial charge in [-0.2, -0.15) is 0 Å². The molecular weight excluding hydrogens is 576 g/mol. The number of carbonyl (C=O) groups is 4. The Balaban J connectivity index is 1.03. The fraction of sp³-hybridized carbons (Fsp3) is 0.741. The summed E-state index contributed by atoms with van der Waals surface area (Å²) < 4.78 is 1.29. The van der Waals surface area contributed by atoms with Crippen LogP contribution in [0.5, 0.6) is 0 Å². The van der Waals surface area contributed by atoms with Gasteiger partial charge in [0.25, 0.3) is 0 Å². The molecule has 5 N–H and O–H groups in total. The predicted molar refractivity (Wildman–Crippen MR) is 155 cm³/mol. The van der Waals surface area contributed by atoms with Crippen LogP contribution in [-0.2, 0) is 25.7 Å². The molecule has 16 heteroatoms. The largest absolute Gasteiger partial charge is 0.477 e. The minimum absolute atomic E-state index is 0.00763. The van der Waals surface area contributed by atoms with Gasteiger partial charge in [0.2, 0.25) is 17.7 Å². The Bertz CT molecular complexity index is 1280. The van der Waals surface area contributed by atoms with E-state index in [1.165, 1.54) is 27.7 Å². The first-order chi connectivity index (χ1) is 20.7. The number of aliphatic carboxylic acids is 1. The second kappa shape index (κ2) is 12.1.